The molecule has 0 fully saturated rings. The Morgan fingerprint density at radius 3 is 2.69 bits per heavy atom. The Kier molecular flexibility index (Phi) is 4.89. The molecule has 0 aliphatic carbocycles. The van der Waals surface area contributed by atoms with E-state index in [1.54, 1.807) is 6.07 Å². The van der Waals surface area contributed by atoms with E-state index in [1.807, 2.05) is 19.0 Å². The van der Waals surface area contributed by atoms with E-state index >= 15 is 0 Å². The Balaban J connectivity index is 2.56. The van der Waals surface area contributed by atoms with Gasteiger partial charge in [0.15, 0.2) is 0 Å². The van der Waals surface area contributed by atoms with Crippen LogP contribution in [0.25, 0.3) is 0 Å². The zero-order valence-electron chi connectivity index (χ0n) is 9.57. The fourth-order valence-electron chi connectivity index (χ4n) is 1.28. The molecule has 0 heterocycles. The molecule has 5 heteroatoms. The minimum absolute atomic E-state index is 0.0917. The molecule has 0 aliphatic heterocycles. The van der Waals surface area contributed by atoms with Gasteiger partial charge in [0, 0.05) is 10.6 Å². The van der Waals surface area contributed by atoms with Crippen LogP contribution in [-0.2, 0) is 10.8 Å². The van der Waals surface area contributed by atoms with E-state index in [2.05, 4.69) is 0 Å². The van der Waals surface area contributed by atoms with Gasteiger partial charge in [-0.3, -0.25) is 4.21 Å². The van der Waals surface area contributed by atoms with Crippen LogP contribution in [0.15, 0.2) is 23.1 Å². The lowest BCUT2D eigenvalue weighted by atomic mass is 10.3. The first-order valence-corrected chi connectivity index (χ1v) is 6.40. The fourth-order valence-corrected chi connectivity index (χ4v) is 2.36. The summed E-state index contributed by atoms with van der Waals surface area (Å²) in [5.41, 5.74) is 5.44. The predicted molar refractivity (Wildman–Crippen MR) is 65.3 cm³/mol. The fraction of sp³-hybridized carbons (Fsp3) is 0.455. The molecule has 1 rings (SSSR count). The average Bonchev–Trinajstić information content (AvgIpc) is 2.21. The molecule has 16 heavy (non-hydrogen) atoms. The third-order valence-corrected chi connectivity index (χ3v) is 3.61. The smallest absolute Gasteiger partial charge is 0.147 e. The van der Waals surface area contributed by atoms with Crippen LogP contribution < -0.4 is 5.73 Å². The summed E-state index contributed by atoms with van der Waals surface area (Å²) in [4.78, 5) is 2.53. The van der Waals surface area contributed by atoms with E-state index < -0.39 is 16.6 Å². The van der Waals surface area contributed by atoms with E-state index in [1.165, 1.54) is 12.1 Å². The number of hydrogen-bond acceptors (Lipinski definition) is 3. The van der Waals surface area contributed by atoms with Crippen molar-refractivity contribution in [1.29, 1.82) is 0 Å². The lowest BCUT2D eigenvalue weighted by Crippen LogP contribution is -2.15. The number of halogens is 1. The predicted octanol–water partition coefficient (Wildman–Crippen LogP) is 1.47. The van der Waals surface area contributed by atoms with Crippen LogP contribution in [0.3, 0.4) is 0 Å². The molecule has 0 saturated carbocycles. The summed E-state index contributed by atoms with van der Waals surface area (Å²) in [6.07, 6.45) is 0.825. The SMILES string of the molecule is CN(C)CCCS(=O)c1ccc(N)c(F)c1. The molecular formula is C11H17FN2OS. The Hall–Kier alpha value is -0.940. The zero-order chi connectivity index (χ0) is 12.1. The Morgan fingerprint density at radius 1 is 1.44 bits per heavy atom. The zero-order valence-corrected chi connectivity index (χ0v) is 10.4. The highest BCUT2D eigenvalue weighted by Gasteiger charge is 2.07. The third kappa shape index (κ3) is 3.90. The molecule has 0 spiro atoms. The highest BCUT2D eigenvalue weighted by molar-refractivity contribution is 7.85. The summed E-state index contributed by atoms with van der Waals surface area (Å²) in [5, 5.41) is 0. The van der Waals surface area contributed by atoms with Crippen molar-refractivity contribution >= 4 is 16.5 Å². The van der Waals surface area contributed by atoms with Crippen molar-refractivity contribution in [1.82, 2.24) is 4.90 Å². The maximum absolute atomic E-state index is 13.1. The monoisotopic (exact) mass is 244 g/mol. The van der Waals surface area contributed by atoms with Gasteiger partial charge < -0.3 is 10.6 Å². The topological polar surface area (TPSA) is 46.3 Å². The van der Waals surface area contributed by atoms with Crippen molar-refractivity contribution < 1.29 is 8.60 Å². The molecule has 90 valence electrons. The van der Waals surface area contributed by atoms with Crippen LogP contribution in [0.4, 0.5) is 10.1 Å². The summed E-state index contributed by atoms with van der Waals surface area (Å²) >= 11 is 0. The maximum atomic E-state index is 13.1. The number of nitrogens with two attached hydrogens (primary N) is 1. The van der Waals surface area contributed by atoms with Crippen molar-refractivity contribution in [2.24, 2.45) is 0 Å². The summed E-state index contributed by atoms with van der Waals surface area (Å²) < 4.78 is 24.9. The van der Waals surface area contributed by atoms with Crippen molar-refractivity contribution in [2.45, 2.75) is 11.3 Å². The van der Waals surface area contributed by atoms with Crippen molar-refractivity contribution in [3.05, 3.63) is 24.0 Å². The van der Waals surface area contributed by atoms with E-state index in [0.29, 0.717) is 10.6 Å². The largest absolute Gasteiger partial charge is 0.396 e. The van der Waals surface area contributed by atoms with Crippen molar-refractivity contribution in [3.8, 4) is 0 Å². The standard InChI is InChI=1S/C11H17FN2OS/c1-14(2)6-3-7-16(15)9-4-5-11(13)10(12)8-9/h4-5,8H,3,6-7,13H2,1-2H3. The average molecular weight is 244 g/mol. The molecule has 0 radical (unpaired) electrons. The molecule has 0 amide bonds. The van der Waals surface area contributed by atoms with Crippen LogP contribution in [-0.4, -0.2) is 35.5 Å². The van der Waals surface area contributed by atoms with Crippen LogP contribution in [0.5, 0.6) is 0 Å². The number of anilines is 1. The van der Waals surface area contributed by atoms with Crippen LogP contribution in [0.2, 0.25) is 0 Å². The van der Waals surface area contributed by atoms with Gasteiger partial charge in [-0.05, 0) is 45.3 Å². The van der Waals surface area contributed by atoms with Gasteiger partial charge in [-0.2, -0.15) is 0 Å². The van der Waals surface area contributed by atoms with Crippen molar-refractivity contribution in [3.63, 3.8) is 0 Å². The molecule has 0 saturated heterocycles. The highest BCUT2D eigenvalue weighted by Crippen LogP contribution is 2.15. The van der Waals surface area contributed by atoms with Gasteiger partial charge in [-0.15, -0.1) is 0 Å². The van der Waals surface area contributed by atoms with Gasteiger partial charge in [0.1, 0.15) is 5.82 Å². The lowest BCUT2D eigenvalue weighted by Gasteiger charge is -2.09. The minimum Gasteiger partial charge on any atom is -0.396 e. The molecule has 0 aliphatic rings. The Labute approximate surface area is 97.9 Å². The van der Waals surface area contributed by atoms with Gasteiger partial charge >= 0.3 is 0 Å². The van der Waals surface area contributed by atoms with Gasteiger partial charge in [0.2, 0.25) is 0 Å². The van der Waals surface area contributed by atoms with E-state index in [4.69, 9.17) is 5.73 Å². The molecule has 3 nitrogen and oxygen atoms in total. The van der Waals surface area contributed by atoms with Gasteiger partial charge in [-0.25, -0.2) is 4.39 Å². The number of nitrogen functional groups attached to an aromatic ring is 1. The number of rotatable bonds is 5. The quantitative estimate of drug-likeness (QED) is 0.798. The van der Waals surface area contributed by atoms with Crippen LogP contribution in [0, 0.1) is 5.82 Å². The highest BCUT2D eigenvalue weighted by atomic mass is 32.2. The van der Waals surface area contributed by atoms with E-state index in [9.17, 15) is 8.60 Å². The molecule has 1 aromatic rings. The first-order valence-electron chi connectivity index (χ1n) is 5.09. The summed E-state index contributed by atoms with van der Waals surface area (Å²) in [7, 11) is 2.79. The molecule has 1 aromatic carbocycles. The van der Waals surface area contributed by atoms with Crippen LogP contribution >= 0.6 is 0 Å². The third-order valence-electron chi connectivity index (χ3n) is 2.17. The Bertz CT molecular complexity index is 382. The second-order valence-corrected chi connectivity index (χ2v) is 5.46. The molecule has 0 aromatic heterocycles. The molecule has 0 bridgehead atoms. The van der Waals surface area contributed by atoms with E-state index in [-0.39, 0.29) is 5.69 Å². The molecule has 2 N–H and O–H groups in total. The maximum Gasteiger partial charge on any atom is 0.147 e. The normalized spacial score (nSPS) is 13.0. The van der Waals surface area contributed by atoms with Crippen LogP contribution in [0.1, 0.15) is 6.42 Å². The number of benzene rings is 1. The Morgan fingerprint density at radius 2 is 2.12 bits per heavy atom. The van der Waals surface area contributed by atoms with Crippen molar-refractivity contribution in [2.75, 3.05) is 32.1 Å². The summed E-state index contributed by atoms with van der Waals surface area (Å²) in [6, 6.07) is 4.32. The second-order valence-electron chi connectivity index (χ2n) is 3.89. The first kappa shape index (κ1) is 13.1. The molecule has 1 unspecified atom stereocenters. The number of hydrogen-bond donors (Lipinski definition) is 1. The first-order chi connectivity index (χ1) is 7.50. The second kappa shape index (κ2) is 5.96. The minimum atomic E-state index is -1.14. The van der Waals surface area contributed by atoms with Gasteiger partial charge in [0.25, 0.3) is 0 Å². The van der Waals surface area contributed by atoms with E-state index in [0.717, 1.165) is 13.0 Å². The number of nitrogens with zero attached hydrogens (tertiary/aromatic N) is 1. The summed E-state index contributed by atoms with van der Waals surface area (Å²) in [5.74, 6) is 0.0418. The van der Waals surface area contributed by atoms with Gasteiger partial charge in [0.05, 0.1) is 16.5 Å². The van der Waals surface area contributed by atoms with Gasteiger partial charge in [-0.1, -0.05) is 0 Å². The molecular weight excluding hydrogens is 227 g/mol. The molecule has 1 atom stereocenters. The summed E-state index contributed by atoms with van der Waals surface area (Å²) in [6.45, 7) is 0.878. The lowest BCUT2D eigenvalue weighted by molar-refractivity contribution is 0.409.